The van der Waals surface area contributed by atoms with E-state index in [2.05, 4.69) is 30.0 Å². The first-order chi connectivity index (χ1) is 8.20. The third kappa shape index (κ3) is 2.99. The standard InChI is InChI=1S/C14H22N2O/c1-3-13-10-17-7-6-16(13)9-12-5-4-11(2)14(15)8-12/h4-5,8,13H,3,6-7,9-10,15H2,1-2H3. The zero-order valence-corrected chi connectivity index (χ0v) is 10.8. The fourth-order valence-corrected chi connectivity index (χ4v) is 2.30. The van der Waals surface area contributed by atoms with Crippen molar-refractivity contribution in [3.63, 3.8) is 0 Å². The van der Waals surface area contributed by atoms with Gasteiger partial charge in [0.05, 0.1) is 13.2 Å². The molecule has 0 bridgehead atoms. The lowest BCUT2D eigenvalue weighted by Crippen LogP contribution is -2.44. The van der Waals surface area contributed by atoms with Gasteiger partial charge >= 0.3 is 0 Å². The van der Waals surface area contributed by atoms with Crippen molar-refractivity contribution in [2.75, 3.05) is 25.5 Å². The van der Waals surface area contributed by atoms with Gasteiger partial charge < -0.3 is 10.5 Å². The van der Waals surface area contributed by atoms with Crippen LogP contribution in [0.4, 0.5) is 5.69 Å². The number of ether oxygens (including phenoxy) is 1. The largest absolute Gasteiger partial charge is 0.399 e. The fourth-order valence-electron chi connectivity index (χ4n) is 2.30. The molecule has 0 aliphatic carbocycles. The second-order valence-corrected chi connectivity index (χ2v) is 4.80. The molecule has 3 nitrogen and oxygen atoms in total. The molecule has 1 atom stereocenters. The molecule has 94 valence electrons. The minimum atomic E-state index is 0.547. The van der Waals surface area contributed by atoms with E-state index in [9.17, 15) is 0 Å². The summed E-state index contributed by atoms with van der Waals surface area (Å²) in [5.74, 6) is 0. The highest BCUT2D eigenvalue weighted by molar-refractivity contribution is 5.48. The molecule has 0 spiro atoms. The topological polar surface area (TPSA) is 38.5 Å². The third-order valence-electron chi connectivity index (χ3n) is 3.55. The van der Waals surface area contributed by atoms with Crippen molar-refractivity contribution < 1.29 is 4.74 Å². The Labute approximate surface area is 104 Å². The molecule has 17 heavy (non-hydrogen) atoms. The van der Waals surface area contributed by atoms with Gasteiger partial charge in [-0.05, 0) is 30.5 Å². The Hall–Kier alpha value is -1.06. The Morgan fingerprint density at radius 1 is 1.47 bits per heavy atom. The molecule has 1 aromatic rings. The average molecular weight is 234 g/mol. The summed E-state index contributed by atoms with van der Waals surface area (Å²) in [5.41, 5.74) is 9.30. The lowest BCUT2D eigenvalue weighted by atomic mass is 10.1. The molecule has 1 aromatic carbocycles. The van der Waals surface area contributed by atoms with Crippen LogP contribution in [0.2, 0.25) is 0 Å². The van der Waals surface area contributed by atoms with Gasteiger partial charge in [0, 0.05) is 24.8 Å². The molecule has 0 aromatic heterocycles. The zero-order valence-electron chi connectivity index (χ0n) is 10.8. The summed E-state index contributed by atoms with van der Waals surface area (Å²) < 4.78 is 5.52. The lowest BCUT2D eigenvalue weighted by Gasteiger charge is -2.35. The second kappa shape index (κ2) is 5.52. The number of nitrogens with zero attached hydrogens (tertiary/aromatic N) is 1. The summed E-state index contributed by atoms with van der Waals surface area (Å²) in [6, 6.07) is 6.92. The van der Waals surface area contributed by atoms with Gasteiger partial charge in [-0.1, -0.05) is 19.1 Å². The van der Waals surface area contributed by atoms with Gasteiger partial charge in [0.1, 0.15) is 0 Å². The number of anilines is 1. The first-order valence-corrected chi connectivity index (χ1v) is 6.37. The molecule has 0 saturated carbocycles. The number of aryl methyl sites for hydroxylation is 1. The first kappa shape index (κ1) is 12.4. The van der Waals surface area contributed by atoms with Crippen LogP contribution in [0.1, 0.15) is 24.5 Å². The van der Waals surface area contributed by atoms with Crippen LogP contribution in [0, 0.1) is 6.92 Å². The maximum absolute atomic E-state index is 5.95. The second-order valence-electron chi connectivity index (χ2n) is 4.80. The number of nitrogen functional groups attached to an aromatic ring is 1. The van der Waals surface area contributed by atoms with Crippen LogP contribution in [0.5, 0.6) is 0 Å². The third-order valence-corrected chi connectivity index (χ3v) is 3.55. The SMILES string of the molecule is CCC1COCCN1Cc1ccc(C)c(N)c1. The molecule has 1 fully saturated rings. The molecule has 1 unspecified atom stereocenters. The summed E-state index contributed by atoms with van der Waals surface area (Å²) in [4.78, 5) is 2.49. The smallest absolute Gasteiger partial charge is 0.0622 e. The number of hydrogen-bond donors (Lipinski definition) is 1. The Bertz CT molecular complexity index is 378. The van der Waals surface area contributed by atoms with Crippen molar-refractivity contribution in [1.82, 2.24) is 4.90 Å². The maximum Gasteiger partial charge on any atom is 0.0622 e. The summed E-state index contributed by atoms with van der Waals surface area (Å²) in [6.07, 6.45) is 1.14. The van der Waals surface area contributed by atoms with Crippen LogP contribution >= 0.6 is 0 Å². The van der Waals surface area contributed by atoms with Crippen molar-refractivity contribution in [2.24, 2.45) is 0 Å². The summed E-state index contributed by atoms with van der Waals surface area (Å²) >= 11 is 0. The predicted molar refractivity (Wildman–Crippen MR) is 70.9 cm³/mol. The quantitative estimate of drug-likeness (QED) is 0.815. The molecular weight excluding hydrogens is 212 g/mol. The van der Waals surface area contributed by atoms with E-state index in [0.717, 1.165) is 44.0 Å². The number of rotatable bonds is 3. The molecule has 1 saturated heterocycles. The number of nitrogens with two attached hydrogens (primary N) is 1. The molecule has 1 aliphatic rings. The van der Waals surface area contributed by atoms with E-state index in [1.165, 1.54) is 5.56 Å². The van der Waals surface area contributed by atoms with E-state index in [1.54, 1.807) is 0 Å². The Balaban J connectivity index is 2.05. The van der Waals surface area contributed by atoms with Crippen LogP contribution in [-0.4, -0.2) is 30.7 Å². The van der Waals surface area contributed by atoms with Crippen LogP contribution in [-0.2, 0) is 11.3 Å². The van der Waals surface area contributed by atoms with Gasteiger partial charge in [-0.2, -0.15) is 0 Å². The molecule has 1 heterocycles. The first-order valence-electron chi connectivity index (χ1n) is 6.37. The summed E-state index contributed by atoms with van der Waals surface area (Å²) in [5, 5.41) is 0. The predicted octanol–water partition coefficient (Wildman–Crippen LogP) is 2.19. The molecular formula is C14H22N2O. The van der Waals surface area contributed by atoms with E-state index >= 15 is 0 Å². The summed E-state index contributed by atoms with van der Waals surface area (Å²) in [7, 11) is 0. The monoisotopic (exact) mass is 234 g/mol. The Morgan fingerprint density at radius 3 is 3.00 bits per heavy atom. The van der Waals surface area contributed by atoms with Gasteiger partial charge in [-0.15, -0.1) is 0 Å². The average Bonchev–Trinajstić information content (AvgIpc) is 2.34. The molecule has 2 N–H and O–H groups in total. The van der Waals surface area contributed by atoms with Crippen molar-refractivity contribution in [3.8, 4) is 0 Å². The zero-order chi connectivity index (χ0) is 12.3. The van der Waals surface area contributed by atoms with Crippen LogP contribution in [0.15, 0.2) is 18.2 Å². The van der Waals surface area contributed by atoms with Crippen LogP contribution < -0.4 is 5.73 Å². The highest BCUT2D eigenvalue weighted by Gasteiger charge is 2.21. The van der Waals surface area contributed by atoms with Crippen LogP contribution in [0.25, 0.3) is 0 Å². The molecule has 2 rings (SSSR count). The van der Waals surface area contributed by atoms with Crippen molar-refractivity contribution in [1.29, 1.82) is 0 Å². The van der Waals surface area contributed by atoms with E-state index in [1.807, 2.05) is 6.92 Å². The summed E-state index contributed by atoms with van der Waals surface area (Å²) in [6.45, 7) is 7.97. The highest BCUT2D eigenvalue weighted by Crippen LogP contribution is 2.18. The van der Waals surface area contributed by atoms with Gasteiger partial charge in [0.15, 0.2) is 0 Å². The van der Waals surface area contributed by atoms with Gasteiger partial charge in [0.25, 0.3) is 0 Å². The minimum absolute atomic E-state index is 0.547. The molecule has 0 radical (unpaired) electrons. The van der Waals surface area contributed by atoms with Crippen molar-refractivity contribution in [3.05, 3.63) is 29.3 Å². The normalized spacial score (nSPS) is 21.6. The van der Waals surface area contributed by atoms with E-state index in [0.29, 0.717) is 6.04 Å². The minimum Gasteiger partial charge on any atom is -0.399 e. The number of morpholine rings is 1. The number of benzene rings is 1. The molecule has 0 amide bonds. The Kier molecular flexibility index (Phi) is 4.02. The van der Waals surface area contributed by atoms with Crippen molar-refractivity contribution >= 4 is 5.69 Å². The van der Waals surface area contributed by atoms with Gasteiger partial charge in [-0.3, -0.25) is 4.90 Å². The molecule has 3 heteroatoms. The van der Waals surface area contributed by atoms with Gasteiger partial charge in [-0.25, -0.2) is 0 Å². The van der Waals surface area contributed by atoms with Crippen LogP contribution in [0.3, 0.4) is 0 Å². The maximum atomic E-state index is 5.95. The number of hydrogen-bond acceptors (Lipinski definition) is 3. The fraction of sp³-hybridized carbons (Fsp3) is 0.571. The Morgan fingerprint density at radius 2 is 2.29 bits per heavy atom. The lowest BCUT2D eigenvalue weighted by molar-refractivity contribution is -0.0127. The highest BCUT2D eigenvalue weighted by atomic mass is 16.5. The van der Waals surface area contributed by atoms with E-state index in [4.69, 9.17) is 10.5 Å². The van der Waals surface area contributed by atoms with Crippen molar-refractivity contribution in [2.45, 2.75) is 32.9 Å². The van der Waals surface area contributed by atoms with Gasteiger partial charge in [0.2, 0.25) is 0 Å². The molecule has 1 aliphatic heterocycles. The van der Waals surface area contributed by atoms with E-state index < -0.39 is 0 Å². The van der Waals surface area contributed by atoms with E-state index in [-0.39, 0.29) is 0 Å².